The summed E-state index contributed by atoms with van der Waals surface area (Å²) in [6.45, 7) is 4.75. The van der Waals surface area contributed by atoms with E-state index in [0.717, 1.165) is 0 Å². The van der Waals surface area contributed by atoms with Gasteiger partial charge >= 0.3 is 0 Å². The van der Waals surface area contributed by atoms with Crippen molar-refractivity contribution >= 4 is 15.9 Å². The number of ether oxygens (including phenoxy) is 2. The molecule has 1 amide bonds. The van der Waals surface area contributed by atoms with Crippen LogP contribution in [0.3, 0.4) is 0 Å². The van der Waals surface area contributed by atoms with Crippen molar-refractivity contribution in [2.45, 2.75) is 24.8 Å². The Balaban J connectivity index is 1.94. The van der Waals surface area contributed by atoms with E-state index < -0.39 is 16.1 Å². The van der Waals surface area contributed by atoms with Crippen LogP contribution in [0.25, 0.3) is 0 Å². The first-order valence-corrected chi connectivity index (χ1v) is 10.2. The van der Waals surface area contributed by atoms with Crippen LogP contribution in [-0.2, 0) is 14.8 Å². The summed E-state index contributed by atoms with van der Waals surface area (Å²) < 4.78 is 38.9. The van der Waals surface area contributed by atoms with Gasteiger partial charge in [0.15, 0.2) is 11.5 Å². The van der Waals surface area contributed by atoms with Crippen molar-refractivity contribution in [2.24, 2.45) is 0 Å². The molecule has 0 saturated carbocycles. The van der Waals surface area contributed by atoms with Gasteiger partial charge in [-0.25, -0.2) is 8.42 Å². The molecule has 27 heavy (non-hydrogen) atoms. The number of carbonyl (C=O) groups is 1. The van der Waals surface area contributed by atoms with Gasteiger partial charge in [-0.3, -0.25) is 4.79 Å². The SMILES string of the molecule is CCN(CC)C(=O)[C@@H](NS(=O)(=O)c1ccc2c(c1)OCO2)c1ccccc1. The molecule has 2 aromatic rings. The van der Waals surface area contributed by atoms with Gasteiger partial charge < -0.3 is 14.4 Å². The van der Waals surface area contributed by atoms with Crippen molar-refractivity contribution in [2.75, 3.05) is 19.9 Å². The van der Waals surface area contributed by atoms with Gasteiger partial charge in [-0.1, -0.05) is 30.3 Å². The van der Waals surface area contributed by atoms with Crippen LogP contribution in [0.5, 0.6) is 11.5 Å². The number of benzene rings is 2. The lowest BCUT2D eigenvalue weighted by Crippen LogP contribution is -2.42. The molecule has 144 valence electrons. The molecule has 1 atom stereocenters. The molecule has 0 spiro atoms. The summed E-state index contributed by atoms with van der Waals surface area (Å²) in [4.78, 5) is 14.6. The third-order valence-electron chi connectivity index (χ3n) is 4.38. The van der Waals surface area contributed by atoms with E-state index in [1.165, 1.54) is 12.1 Å². The molecule has 1 aliphatic rings. The van der Waals surface area contributed by atoms with Gasteiger partial charge in [0.2, 0.25) is 22.7 Å². The van der Waals surface area contributed by atoms with Crippen molar-refractivity contribution in [3.05, 3.63) is 54.1 Å². The van der Waals surface area contributed by atoms with Crippen LogP contribution in [0.15, 0.2) is 53.4 Å². The number of nitrogens with zero attached hydrogens (tertiary/aromatic N) is 1. The molecular formula is C19H22N2O5S. The van der Waals surface area contributed by atoms with Crippen molar-refractivity contribution in [1.82, 2.24) is 9.62 Å². The Morgan fingerprint density at radius 1 is 1.07 bits per heavy atom. The molecule has 0 bridgehead atoms. The topological polar surface area (TPSA) is 84.9 Å². The van der Waals surface area contributed by atoms with Crippen LogP contribution in [0, 0.1) is 0 Å². The minimum Gasteiger partial charge on any atom is -0.454 e. The smallest absolute Gasteiger partial charge is 0.245 e. The second kappa shape index (κ2) is 7.98. The van der Waals surface area contributed by atoms with Crippen molar-refractivity contribution < 1.29 is 22.7 Å². The van der Waals surface area contributed by atoms with Crippen LogP contribution < -0.4 is 14.2 Å². The zero-order chi connectivity index (χ0) is 19.4. The Morgan fingerprint density at radius 2 is 1.74 bits per heavy atom. The molecule has 0 unspecified atom stereocenters. The average molecular weight is 390 g/mol. The van der Waals surface area contributed by atoms with Gasteiger partial charge in [-0.15, -0.1) is 0 Å². The number of fused-ring (bicyclic) bond motifs is 1. The lowest BCUT2D eigenvalue weighted by molar-refractivity contribution is -0.132. The Kier molecular flexibility index (Phi) is 5.67. The summed E-state index contributed by atoms with van der Waals surface area (Å²) in [5, 5.41) is 0. The minimum atomic E-state index is -3.96. The zero-order valence-corrected chi connectivity index (χ0v) is 16.0. The third kappa shape index (κ3) is 4.06. The highest BCUT2D eigenvalue weighted by Gasteiger charge is 2.30. The molecule has 1 aliphatic heterocycles. The second-order valence-electron chi connectivity index (χ2n) is 5.99. The van der Waals surface area contributed by atoms with Gasteiger partial charge in [0.05, 0.1) is 4.90 Å². The number of amides is 1. The summed E-state index contributed by atoms with van der Waals surface area (Å²) in [6, 6.07) is 12.2. The maximum atomic E-state index is 13.0. The fourth-order valence-corrected chi connectivity index (χ4v) is 4.08. The highest BCUT2D eigenvalue weighted by atomic mass is 32.2. The molecule has 0 aromatic heterocycles. The Labute approximate surface area is 158 Å². The van der Waals surface area contributed by atoms with Gasteiger partial charge in [0, 0.05) is 19.2 Å². The average Bonchev–Trinajstić information content (AvgIpc) is 3.15. The normalized spacial score (nSPS) is 14.0. The zero-order valence-electron chi connectivity index (χ0n) is 15.2. The number of rotatable bonds is 7. The van der Waals surface area contributed by atoms with E-state index in [1.807, 2.05) is 19.9 Å². The number of hydrogen-bond acceptors (Lipinski definition) is 5. The fraction of sp³-hybridized carbons (Fsp3) is 0.316. The first kappa shape index (κ1) is 19.2. The van der Waals surface area contributed by atoms with E-state index in [2.05, 4.69) is 4.72 Å². The van der Waals surface area contributed by atoms with E-state index >= 15 is 0 Å². The molecule has 2 aromatic carbocycles. The molecule has 1 N–H and O–H groups in total. The summed E-state index contributed by atoms with van der Waals surface area (Å²) in [5.74, 6) is 0.563. The van der Waals surface area contributed by atoms with E-state index in [9.17, 15) is 13.2 Å². The Hall–Kier alpha value is -2.58. The Morgan fingerprint density at radius 3 is 2.41 bits per heavy atom. The maximum absolute atomic E-state index is 13.0. The molecule has 8 heteroatoms. The summed E-state index contributed by atoms with van der Waals surface area (Å²) in [6.07, 6.45) is 0. The van der Waals surface area contributed by atoms with Crippen LogP contribution in [-0.4, -0.2) is 39.1 Å². The molecule has 0 aliphatic carbocycles. The minimum absolute atomic E-state index is 0.0139. The lowest BCUT2D eigenvalue weighted by atomic mass is 10.1. The quantitative estimate of drug-likeness (QED) is 0.784. The molecule has 0 radical (unpaired) electrons. The van der Waals surface area contributed by atoms with E-state index in [1.54, 1.807) is 35.2 Å². The number of likely N-dealkylation sites (N-methyl/N-ethyl adjacent to an activating group) is 1. The summed E-state index contributed by atoms with van der Waals surface area (Å²) >= 11 is 0. The van der Waals surface area contributed by atoms with E-state index in [-0.39, 0.29) is 17.6 Å². The number of hydrogen-bond donors (Lipinski definition) is 1. The first-order chi connectivity index (χ1) is 13.0. The van der Waals surface area contributed by atoms with Crippen LogP contribution in [0.2, 0.25) is 0 Å². The third-order valence-corrected chi connectivity index (χ3v) is 5.80. The number of carbonyl (C=O) groups excluding carboxylic acids is 1. The molecule has 1 heterocycles. The lowest BCUT2D eigenvalue weighted by Gasteiger charge is -2.26. The predicted molar refractivity (Wildman–Crippen MR) is 100.0 cm³/mol. The molecule has 3 rings (SSSR count). The highest BCUT2D eigenvalue weighted by Crippen LogP contribution is 2.34. The van der Waals surface area contributed by atoms with Gasteiger partial charge in [-0.2, -0.15) is 4.72 Å². The second-order valence-corrected chi connectivity index (χ2v) is 7.70. The van der Waals surface area contributed by atoms with Gasteiger partial charge in [0.1, 0.15) is 6.04 Å². The first-order valence-electron chi connectivity index (χ1n) is 8.72. The van der Waals surface area contributed by atoms with Crippen LogP contribution in [0.4, 0.5) is 0 Å². The van der Waals surface area contributed by atoms with Crippen molar-refractivity contribution in [3.63, 3.8) is 0 Å². The standard InChI is InChI=1S/C19H22N2O5S/c1-3-21(4-2)19(22)18(14-8-6-5-7-9-14)20-27(23,24)15-10-11-16-17(12-15)26-13-25-16/h5-12,18,20H,3-4,13H2,1-2H3/t18-/m0/s1. The van der Waals surface area contributed by atoms with Gasteiger partial charge in [-0.05, 0) is 31.5 Å². The molecule has 7 nitrogen and oxygen atoms in total. The molecular weight excluding hydrogens is 368 g/mol. The largest absolute Gasteiger partial charge is 0.454 e. The fourth-order valence-electron chi connectivity index (χ4n) is 2.89. The van der Waals surface area contributed by atoms with Crippen LogP contribution >= 0.6 is 0 Å². The van der Waals surface area contributed by atoms with Gasteiger partial charge in [0.25, 0.3) is 0 Å². The van der Waals surface area contributed by atoms with E-state index in [4.69, 9.17) is 9.47 Å². The number of sulfonamides is 1. The van der Waals surface area contributed by atoms with E-state index in [0.29, 0.717) is 30.2 Å². The number of nitrogens with one attached hydrogen (secondary N) is 1. The highest BCUT2D eigenvalue weighted by molar-refractivity contribution is 7.89. The Bertz CT molecular complexity index is 911. The molecule has 0 saturated heterocycles. The maximum Gasteiger partial charge on any atom is 0.245 e. The summed E-state index contributed by atoms with van der Waals surface area (Å²) in [5.41, 5.74) is 0.582. The van der Waals surface area contributed by atoms with Crippen molar-refractivity contribution in [1.29, 1.82) is 0 Å². The molecule has 0 fully saturated rings. The van der Waals surface area contributed by atoms with Crippen LogP contribution in [0.1, 0.15) is 25.5 Å². The van der Waals surface area contributed by atoms with Crippen molar-refractivity contribution in [3.8, 4) is 11.5 Å². The summed E-state index contributed by atoms with van der Waals surface area (Å²) in [7, 11) is -3.96. The predicted octanol–water partition coefficient (Wildman–Crippen LogP) is 2.30. The monoisotopic (exact) mass is 390 g/mol.